The van der Waals surface area contributed by atoms with Crippen molar-refractivity contribution in [2.45, 2.75) is 19.4 Å². The van der Waals surface area contributed by atoms with Crippen molar-refractivity contribution in [2.75, 3.05) is 16.8 Å². The summed E-state index contributed by atoms with van der Waals surface area (Å²) < 4.78 is 30.3. The molecule has 8 nitrogen and oxygen atoms in total. The van der Waals surface area contributed by atoms with Gasteiger partial charge in [0.2, 0.25) is 0 Å². The zero-order valence-electron chi connectivity index (χ0n) is 13.9. The van der Waals surface area contributed by atoms with Gasteiger partial charge in [0.05, 0.1) is 28.1 Å². The van der Waals surface area contributed by atoms with Gasteiger partial charge in [-0.25, -0.2) is 8.42 Å². The van der Waals surface area contributed by atoms with Crippen LogP contribution in [0, 0.1) is 6.92 Å². The Hall–Kier alpha value is -2.46. The number of sulfone groups is 1. The highest BCUT2D eigenvalue weighted by molar-refractivity contribution is 7.91. The van der Waals surface area contributed by atoms with Crippen molar-refractivity contribution >= 4 is 32.9 Å². The Kier molecular flexibility index (Phi) is 4.16. The first-order valence-electron chi connectivity index (χ1n) is 8.00. The molecule has 0 aromatic carbocycles. The molecule has 0 saturated carbocycles. The molecule has 1 saturated heterocycles. The van der Waals surface area contributed by atoms with Crippen LogP contribution in [0.5, 0.6) is 0 Å². The highest BCUT2D eigenvalue weighted by Crippen LogP contribution is 2.32. The molecule has 0 bridgehead atoms. The Morgan fingerprint density at radius 2 is 2.27 bits per heavy atom. The number of nitrogens with zero attached hydrogens (tertiary/aromatic N) is 3. The summed E-state index contributed by atoms with van der Waals surface area (Å²) in [5.41, 5.74) is 0.946. The number of carbonyl (C=O) groups is 1. The quantitative estimate of drug-likeness (QED) is 0.731. The second-order valence-electron chi connectivity index (χ2n) is 6.17. The third kappa shape index (κ3) is 3.29. The second kappa shape index (κ2) is 6.36. The van der Waals surface area contributed by atoms with E-state index in [4.69, 9.17) is 4.52 Å². The summed E-state index contributed by atoms with van der Waals surface area (Å²) in [7, 11) is -3.07. The van der Waals surface area contributed by atoms with Gasteiger partial charge in [-0.05, 0) is 30.9 Å². The third-order valence-corrected chi connectivity index (χ3v) is 6.81. The summed E-state index contributed by atoms with van der Waals surface area (Å²) >= 11 is 1.51. The van der Waals surface area contributed by atoms with Gasteiger partial charge in [0.15, 0.2) is 21.3 Å². The molecule has 1 unspecified atom stereocenters. The summed E-state index contributed by atoms with van der Waals surface area (Å²) in [6.45, 7) is 1.73. The molecule has 0 radical (unpaired) electrons. The van der Waals surface area contributed by atoms with Crippen molar-refractivity contribution in [3.8, 4) is 10.6 Å². The van der Waals surface area contributed by atoms with E-state index in [2.05, 4.69) is 15.6 Å². The van der Waals surface area contributed by atoms with Crippen molar-refractivity contribution in [3.63, 3.8) is 0 Å². The fourth-order valence-electron chi connectivity index (χ4n) is 2.97. The number of aryl methyl sites for hydroxylation is 1. The molecular weight excluding hydrogens is 376 g/mol. The monoisotopic (exact) mass is 392 g/mol. The van der Waals surface area contributed by atoms with Crippen LogP contribution < -0.4 is 5.32 Å². The van der Waals surface area contributed by atoms with Gasteiger partial charge in [0.1, 0.15) is 5.76 Å². The summed E-state index contributed by atoms with van der Waals surface area (Å²) in [6.07, 6.45) is 0.492. The first kappa shape index (κ1) is 17.0. The molecule has 10 heteroatoms. The first-order chi connectivity index (χ1) is 12.4. The topological polar surface area (TPSA) is 107 Å². The van der Waals surface area contributed by atoms with Gasteiger partial charge >= 0.3 is 0 Å². The maximum absolute atomic E-state index is 12.5. The van der Waals surface area contributed by atoms with E-state index in [1.807, 2.05) is 17.5 Å². The lowest BCUT2D eigenvalue weighted by Gasteiger charge is -2.12. The van der Waals surface area contributed by atoms with E-state index in [-0.39, 0.29) is 23.2 Å². The number of nitrogens with one attached hydrogen (secondary N) is 1. The molecule has 1 aliphatic rings. The summed E-state index contributed by atoms with van der Waals surface area (Å²) in [4.78, 5) is 13.4. The third-order valence-electron chi connectivity index (χ3n) is 4.17. The lowest BCUT2D eigenvalue weighted by molar-refractivity contribution is 0.102. The smallest absolute Gasteiger partial charge is 0.277 e. The molecule has 26 heavy (non-hydrogen) atoms. The van der Waals surface area contributed by atoms with Gasteiger partial charge in [-0.1, -0.05) is 11.2 Å². The lowest BCUT2D eigenvalue weighted by Crippen LogP contribution is -2.16. The van der Waals surface area contributed by atoms with E-state index >= 15 is 0 Å². The van der Waals surface area contributed by atoms with Gasteiger partial charge in [-0.2, -0.15) is 5.10 Å². The number of carbonyl (C=O) groups excluding carboxylic acids is 1. The lowest BCUT2D eigenvalue weighted by atomic mass is 10.2. The van der Waals surface area contributed by atoms with E-state index in [1.54, 1.807) is 23.7 Å². The van der Waals surface area contributed by atoms with E-state index in [1.165, 1.54) is 11.3 Å². The SMILES string of the molecule is Cc1cc(NC(=O)c2cc(-c3cccs3)n(C3CCS(=O)(=O)C3)n2)no1. The van der Waals surface area contributed by atoms with Crippen LogP contribution in [0.1, 0.15) is 28.7 Å². The highest BCUT2D eigenvalue weighted by atomic mass is 32.2. The van der Waals surface area contributed by atoms with Gasteiger partial charge < -0.3 is 9.84 Å². The standard InChI is InChI=1S/C16H16N4O4S2/c1-10-7-15(19-24-10)17-16(21)12-8-13(14-3-2-5-25-14)20(18-12)11-4-6-26(22,23)9-11/h2-3,5,7-8,11H,4,6,9H2,1H3,(H,17,19,21). The molecule has 136 valence electrons. The molecule has 1 amide bonds. The van der Waals surface area contributed by atoms with Crippen molar-refractivity contribution in [1.29, 1.82) is 0 Å². The van der Waals surface area contributed by atoms with Crippen LogP contribution in [0.2, 0.25) is 0 Å². The normalized spacial score (nSPS) is 18.9. The molecule has 3 aromatic rings. The van der Waals surface area contributed by atoms with Crippen molar-refractivity contribution in [2.24, 2.45) is 0 Å². The Morgan fingerprint density at radius 3 is 2.88 bits per heavy atom. The van der Waals surface area contributed by atoms with E-state index in [0.29, 0.717) is 18.0 Å². The van der Waals surface area contributed by atoms with E-state index < -0.39 is 15.7 Å². The van der Waals surface area contributed by atoms with E-state index in [9.17, 15) is 13.2 Å². The number of anilines is 1. The maximum Gasteiger partial charge on any atom is 0.277 e. The molecule has 4 heterocycles. The molecule has 0 aliphatic carbocycles. The molecular formula is C16H16N4O4S2. The van der Waals surface area contributed by atoms with Crippen LogP contribution >= 0.6 is 11.3 Å². The van der Waals surface area contributed by atoms with Crippen LogP contribution in [-0.2, 0) is 9.84 Å². The number of aromatic nitrogens is 3. The number of hydrogen-bond acceptors (Lipinski definition) is 7. The predicted molar refractivity (Wildman–Crippen MR) is 97.0 cm³/mol. The number of rotatable bonds is 4. The van der Waals surface area contributed by atoms with Gasteiger partial charge in [-0.15, -0.1) is 11.3 Å². The minimum absolute atomic E-state index is 0.0383. The Morgan fingerprint density at radius 1 is 1.42 bits per heavy atom. The van der Waals surface area contributed by atoms with Crippen molar-refractivity contribution < 1.29 is 17.7 Å². The van der Waals surface area contributed by atoms with Crippen LogP contribution in [-0.4, -0.2) is 40.8 Å². The zero-order valence-corrected chi connectivity index (χ0v) is 15.5. The summed E-state index contributed by atoms with van der Waals surface area (Å²) in [5, 5.41) is 12.7. The summed E-state index contributed by atoms with van der Waals surface area (Å²) in [6, 6.07) is 6.84. The largest absolute Gasteiger partial charge is 0.360 e. The average Bonchev–Trinajstić information content (AvgIpc) is 3.33. The van der Waals surface area contributed by atoms with Crippen LogP contribution in [0.15, 0.2) is 34.2 Å². The average molecular weight is 392 g/mol. The Labute approximate surface area is 153 Å². The van der Waals surface area contributed by atoms with Crippen LogP contribution in [0.25, 0.3) is 10.6 Å². The van der Waals surface area contributed by atoms with Gasteiger partial charge in [0, 0.05) is 6.07 Å². The van der Waals surface area contributed by atoms with E-state index in [0.717, 1.165) is 10.6 Å². The number of thiophene rings is 1. The van der Waals surface area contributed by atoms with Gasteiger partial charge in [-0.3, -0.25) is 9.48 Å². The number of hydrogen-bond donors (Lipinski definition) is 1. The number of amides is 1. The molecule has 4 rings (SSSR count). The summed E-state index contributed by atoms with van der Waals surface area (Å²) in [5.74, 6) is 0.651. The highest BCUT2D eigenvalue weighted by Gasteiger charge is 2.32. The minimum atomic E-state index is -3.07. The molecule has 0 spiro atoms. The molecule has 1 aliphatic heterocycles. The van der Waals surface area contributed by atoms with Crippen LogP contribution in [0.3, 0.4) is 0 Å². The van der Waals surface area contributed by atoms with Crippen LogP contribution in [0.4, 0.5) is 5.82 Å². The zero-order chi connectivity index (χ0) is 18.3. The second-order valence-corrected chi connectivity index (χ2v) is 9.35. The first-order valence-corrected chi connectivity index (χ1v) is 10.7. The van der Waals surface area contributed by atoms with Gasteiger partial charge in [0.25, 0.3) is 5.91 Å². The fraction of sp³-hybridized carbons (Fsp3) is 0.312. The Bertz CT molecular complexity index is 1050. The maximum atomic E-state index is 12.5. The van der Waals surface area contributed by atoms with Crippen molar-refractivity contribution in [1.82, 2.24) is 14.9 Å². The predicted octanol–water partition coefficient (Wildman–Crippen LogP) is 2.52. The Balaban J connectivity index is 1.68. The molecule has 1 N–H and O–H groups in total. The molecule has 1 fully saturated rings. The minimum Gasteiger partial charge on any atom is -0.360 e. The molecule has 3 aromatic heterocycles. The fourth-order valence-corrected chi connectivity index (χ4v) is 5.39. The molecule has 1 atom stereocenters. The van der Waals surface area contributed by atoms with Crippen molar-refractivity contribution in [3.05, 3.63) is 41.1 Å².